The lowest BCUT2D eigenvalue weighted by atomic mass is 9.80. The summed E-state index contributed by atoms with van der Waals surface area (Å²) in [5, 5.41) is 3.09. The van der Waals surface area contributed by atoms with Crippen molar-refractivity contribution in [1.29, 1.82) is 0 Å². The molecule has 1 N–H and O–H groups in total. The van der Waals surface area contributed by atoms with Crippen LogP contribution in [0.5, 0.6) is 0 Å². The van der Waals surface area contributed by atoms with E-state index in [1.165, 1.54) is 6.42 Å². The van der Waals surface area contributed by atoms with Gasteiger partial charge in [0, 0.05) is 25.7 Å². The molecule has 1 amide bonds. The lowest BCUT2D eigenvalue weighted by molar-refractivity contribution is 0.0425. The Morgan fingerprint density at radius 3 is 2.26 bits per heavy atom. The molecule has 1 saturated heterocycles. The maximum Gasteiger partial charge on any atom is 0.407 e. The van der Waals surface area contributed by atoms with Crippen molar-refractivity contribution < 1.29 is 9.53 Å². The summed E-state index contributed by atoms with van der Waals surface area (Å²) in [5.41, 5.74) is -0.122. The van der Waals surface area contributed by atoms with E-state index in [-0.39, 0.29) is 12.1 Å². The van der Waals surface area contributed by atoms with Crippen LogP contribution < -0.4 is 5.32 Å². The topological polar surface area (TPSA) is 41.6 Å². The molecule has 1 aliphatic rings. The predicted molar refractivity (Wildman–Crippen MR) is 96.6 cm³/mol. The van der Waals surface area contributed by atoms with Gasteiger partial charge in [-0.15, -0.1) is 0 Å². The van der Waals surface area contributed by atoms with Gasteiger partial charge in [-0.25, -0.2) is 4.79 Å². The maximum atomic E-state index is 12.1. The molecule has 0 saturated carbocycles. The summed E-state index contributed by atoms with van der Waals surface area (Å²) in [6.07, 6.45) is 1.95. The van der Waals surface area contributed by atoms with Gasteiger partial charge in [-0.3, -0.25) is 0 Å². The number of carbonyl (C=O) groups excluding carboxylic acids is 1. The van der Waals surface area contributed by atoms with Crippen molar-refractivity contribution in [3.8, 4) is 0 Å². The Morgan fingerprint density at radius 2 is 1.78 bits per heavy atom. The Hall–Kier alpha value is -0.770. The first kappa shape index (κ1) is 20.3. The average molecular weight is 327 g/mol. The highest BCUT2D eigenvalue weighted by atomic mass is 16.6. The molecule has 1 aliphatic heterocycles. The van der Waals surface area contributed by atoms with Crippen molar-refractivity contribution in [2.75, 3.05) is 19.6 Å². The Labute approximate surface area is 143 Å². The van der Waals surface area contributed by atoms with E-state index < -0.39 is 5.60 Å². The molecule has 1 rings (SSSR count). The number of nitrogens with one attached hydrogen (secondary N) is 1. The van der Waals surface area contributed by atoms with Gasteiger partial charge >= 0.3 is 6.09 Å². The monoisotopic (exact) mass is 326 g/mol. The zero-order chi connectivity index (χ0) is 17.8. The minimum atomic E-state index is -0.443. The third-order valence-corrected chi connectivity index (χ3v) is 3.86. The van der Waals surface area contributed by atoms with E-state index >= 15 is 0 Å². The molecule has 2 unspecified atom stereocenters. The predicted octanol–water partition coefficient (Wildman–Crippen LogP) is 4.29. The zero-order valence-electron chi connectivity index (χ0n) is 16.5. The highest BCUT2D eigenvalue weighted by Gasteiger charge is 2.31. The Kier molecular flexibility index (Phi) is 6.94. The summed E-state index contributed by atoms with van der Waals surface area (Å²) in [6.45, 7) is 20.3. The van der Waals surface area contributed by atoms with Gasteiger partial charge in [-0.1, -0.05) is 34.6 Å². The van der Waals surface area contributed by atoms with Crippen molar-refractivity contribution in [2.24, 2.45) is 17.3 Å². The van der Waals surface area contributed by atoms with Gasteiger partial charge in [-0.05, 0) is 50.9 Å². The van der Waals surface area contributed by atoms with E-state index in [9.17, 15) is 4.79 Å². The van der Waals surface area contributed by atoms with Gasteiger partial charge < -0.3 is 15.0 Å². The lowest BCUT2D eigenvalue weighted by Crippen LogP contribution is -2.52. The quantitative estimate of drug-likeness (QED) is 0.838. The van der Waals surface area contributed by atoms with Crippen LogP contribution in [-0.2, 0) is 4.74 Å². The number of hydrogen-bond acceptors (Lipinski definition) is 3. The molecule has 0 spiro atoms. The first-order valence-corrected chi connectivity index (χ1v) is 9.06. The van der Waals surface area contributed by atoms with Crippen molar-refractivity contribution in [1.82, 2.24) is 10.2 Å². The van der Waals surface area contributed by atoms with E-state index in [4.69, 9.17) is 4.74 Å². The number of piperidine rings is 1. The fourth-order valence-corrected chi connectivity index (χ4v) is 3.56. The minimum absolute atomic E-state index is 0.185. The minimum Gasteiger partial charge on any atom is -0.444 e. The number of hydrogen-bond donors (Lipinski definition) is 1. The van der Waals surface area contributed by atoms with Gasteiger partial charge in [0.15, 0.2) is 0 Å². The smallest absolute Gasteiger partial charge is 0.407 e. The molecule has 1 heterocycles. The molecule has 0 aromatic heterocycles. The van der Waals surface area contributed by atoms with E-state index in [2.05, 4.69) is 44.8 Å². The number of rotatable bonds is 4. The van der Waals surface area contributed by atoms with Crippen LogP contribution in [0.2, 0.25) is 0 Å². The second-order valence-electron chi connectivity index (χ2n) is 9.82. The van der Waals surface area contributed by atoms with Crippen molar-refractivity contribution in [3.05, 3.63) is 0 Å². The van der Waals surface area contributed by atoms with E-state index in [0.717, 1.165) is 26.1 Å². The maximum absolute atomic E-state index is 12.1. The normalized spacial score (nSPS) is 23.9. The lowest BCUT2D eigenvalue weighted by Gasteiger charge is -2.41. The third-order valence-electron chi connectivity index (χ3n) is 3.86. The number of amides is 1. The molecular formula is C19H38N2O2. The first-order valence-electron chi connectivity index (χ1n) is 9.06. The van der Waals surface area contributed by atoms with Crippen molar-refractivity contribution in [3.63, 3.8) is 0 Å². The van der Waals surface area contributed by atoms with Gasteiger partial charge in [-0.2, -0.15) is 0 Å². The Balaban J connectivity index is 2.67. The average Bonchev–Trinajstić information content (AvgIpc) is 2.20. The van der Waals surface area contributed by atoms with Crippen LogP contribution in [-0.4, -0.2) is 42.3 Å². The molecular weight excluding hydrogens is 288 g/mol. The van der Waals surface area contributed by atoms with E-state index in [1.54, 1.807) is 0 Å². The van der Waals surface area contributed by atoms with Crippen LogP contribution >= 0.6 is 0 Å². The standard InChI is InChI=1S/C19H38N2O2/c1-14(2)11-21-12-15(10-18(3,4)5)9-16(13-21)20-17(22)23-19(6,7)8/h14-16H,9-13H2,1-8H3,(H,20,22). The number of alkyl carbamates (subject to hydrolysis) is 1. The molecule has 0 radical (unpaired) electrons. The number of ether oxygens (including phenoxy) is 1. The molecule has 4 nitrogen and oxygen atoms in total. The molecule has 0 aliphatic carbocycles. The molecule has 0 aromatic carbocycles. The summed E-state index contributed by atoms with van der Waals surface area (Å²) in [6, 6.07) is 0.185. The van der Waals surface area contributed by atoms with Crippen LogP contribution in [0, 0.1) is 17.3 Å². The number of nitrogens with zero attached hydrogens (tertiary/aromatic N) is 1. The second kappa shape index (κ2) is 7.87. The fourth-order valence-electron chi connectivity index (χ4n) is 3.56. The Morgan fingerprint density at radius 1 is 1.17 bits per heavy atom. The highest BCUT2D eigenvalue weighted by Crippen LogP contribution is 2.30. The largest absolute Gasteiger partial charge is 0.444 e. The van der Waals surface area contributed by atoms with Gasteiger partial charge in [0.2, 0.25) is 0 Å². The second-order valence-corrected chi connectivity index (χ2v) is 9.82. The van der Waals surface area contributed by atoms with Crippen LogP contribution in [0.15, 0.2) is 0 Å². The molecule has 1 fully saturated rings. The summed E-state index contributed by atoms with van der Waals surface area (Å²) in [7, 11) is 0. The van der Waals surface area contributed by atoms with Crippen LogP contribution in [0.4, 0.5) is 4.79 Å². The molecule has 4 heteroatoms. The van der Waals surface area contributed by atoms with Gasteiger partial charge in [0.25, 0.3) is 0 Å². The molecule has 23 heavy (non-hydrogen) atoms. The van der Waals surface area contributed by atoms with Crippen molar-refractivity contribution in [2.45, 2.75) is 79.9 Å². The van der Waals surface area contributed by atoms with E-state index in [1.807, 2.05) is 20.8 Å². The van der Waals surface area contributed by atoms with Crippen molar-refractivity contribution >= 4 is 6.09 Å². The van der Waals surface area contributed by atoms with Crippen LogP contribution in [0.25, 0.3) is 0 Å². The Bertz CT molecular complexity index is 380. The first-order chi connectivity index (χ1) is 10.3. The summed E-state index contributed by atoms with van der Waals surface area (Å²) in [5.74, 6) is 1.27. The molecule has 0 bridgehead atoms. The summed E-state index contributed by atoms with van der Waals surface area (Å²) >= 11 is 0. The van der Waals surface area contributed by atoms with Gasteiger partial charge in [0.1, 0.15) is 5.60 Å². The highest BCUT2D eigenvalue weighted by molar-refractivity contribution is 5.68. The van der Waals surface area contributed by atoms with Crippen LogP contribution in [0.1, 0.15) is 68.2 Å². The summed E-state index contributed by atoms with van der Waals surface area (Å²) in [4.78, 5) is 14.6. The third kappa shape index (κ3) is 9.19. The van der Waals surface area contributed by atoms with Crippen LogP contribution in [0.3, 0.4) is 0 Å². The number of carbonyl (C=O) groups is 1. The molecule has 0 aromatic rings. The van der Waals surface area contributed by atoms with E-state index in [0.29, 0.717) is 17.3 Å². The molecule has 136 valence electrons. The fraction of sp³-hybridized carbons (Fsp3) is 0.947. The SMILES string of the molecule is CC(C)CN1CC(CC(C)(C)C)CC(NC(=O)OC(C)(C)C)C1. The number of likely N-dealkylation sites (tertiary alicyclic amines) is 1. The van der Waals surface area contributed by atoms with Gasteiger partial charge in [0.05, 0.1) is 0 Å². The summed E-state index contributed by atoms with van der Waals surface area (Å²) < 4.78 is 5.42. The molecule has 2 atom stereocenters. The zero-order valence-corrected chi connectivity index (χ0v) is 16.5.